The third-order valence-electron chi connectivity index (χ3n) is 8.25. The monoisotopic (exact) mass is 671 g/mol. The zero-order chi connectivity index (χ0) is 33.2. The third-order valence-corrected chi connectivity index (χ3v) is 9.65. The first-order valence-electron chi connectivity index (χ1n) is 15.3. The van der Waals surface area contributed by atoms with Crippen LogP contribution in [-0.4, -0.2) is 44.0 Å². The molecule has 6 rings (SSSR count). The molecule has 9 nitrogen and oxygen atoms in total. The molecule has 242 valence electrons. The second-order valence-corrected chi connectivity index (χ2v) is 14.6. The molecule has 0 amide bonds. The molecule has 2 heterocycles. The van der Waals surface area contributed by atoms with Crippen molar-refractivity contribution in [2.45, 2.75) is 26.3 Å². The van der Waals surface area contributed by atoms with Crippen LogP contribution in [0.2, 0.25) is 0 Å². The molecule has 1 aliphatic rings. The maximum Gasteiger partial charge on any atom is 0.374 e. The van der Waals surface area contributed by atoms with E-state index < -0.39 is 31.7 Å². The maximum atomic E-state index is 11.8. The number of oxazole rings is 1. The predicted molar refractivity (Wildman–Crippen MR) is 184 cm³/mol. The van der Waals surface area contributed by atoms with Crippen LogP contribution in [0.1, 0.15) is 24.8 Å². The minimum absolute atomic E-state index is 0.0301. The van der Waals surface area contributed by atoms with E-state index in [4.69, 9.17) is 4.42 Å². The smallest absolute Gasteiger partial charge is 0.374 e. The lowest BCUT2D eigenvalue weighted by Crippen LogP contribution is -2.38. The highest BCUT2D eigenvalue weighted by Gasteiger charge is 2.27. The lowest BCUT2D eigenvalue weighted by atomic mass is 10.0. The second-order valence-electron chi connectivity index (χ2n) is 11.5. The average molecular weight is 672 g/mol. The first-order valence-corrected chi connectivity index (χ1v) is 18.5. The normalized spacial score (nSPS) is 14.7. The van der Waals surface area contributed by atoms with Crippen LogP contribution in [-0.2, 0) is 33.2 Å². The predicted octanol–water partition coefficient (Wildman–Crippen LogP) is 6.57. The molecule has 0 bridgehead atoms. The second kappa shape index (κ2) is 13.3. The van der Waals surface area contributed by atoms with Crippen molar-refractivity contribution in [3.05, 3.63) is 126 Å². The molecule has 0 saturated heterocycles. The van der Waals surface area contributed by atoms with E-state index in [-0.39, 0.29) is 13.1 Å². The standard InChI is InChI=1S/C36H34N2O7S2/c1-2-26(21-32-23-31-14-13-29(27-9-5-3-6-10-27)24-33(31)37(32)17-19-46(39,40)41)22-36-38(18-20-47(42,43)44)34-25-30(15-16-35(34)45-36)28-11-7-4-8-12-28/h3-16,21-22,24-25H,2,17-20,23H2,1H3,(H-,39,40,41,42,43,44)/p+1. The van der Waals surface area contributed by atoms with Gasteiger partial charge in [-0.1, -0.05) is 85.8 Å². The molecule has 0 radical (unpaired) electrons. The molecule has 0 atom stereocenters. The fraction of sp³-hybridized carbons (Fsp3) is 0.194. The van der Waals surface area contributed by atoms with Crippen LogP contribution in [0.4, 0.5) is 5.69 Å². The number of hydrogen-bond acceptors (Lipinski definition) is 6. The summed E-state index contributed by atoms with van der Waals surface area (Å²) in [7, 11) is -8.47. The fourth-order valence-electron chi connectivity index (χ4n) is 5.89. The topological polar surface area (TPSA) is 129 Å². The molecule has 5 aromatic rings. The van der Waals surface area contributed by atoms with Crippen molar-refractivity contribution in [2.24, 2.45) is 0 Å². The van der Waals surface area contributed by atoms with Crippen molar-refractivity contribution in [2.75, 3.05) is 23.0 Å². The summed E-state index contributed by atoms with van der Waals surface area (Å²) in [6.07, 6.45) is 4.98. The Labute approximate surface area is 274 Å². The molecule has 0 unspecified atom stereocenters. The van der Waals surface area contributed by atoms with Crippen LogP contribution in [0.25, 0.3) is 39.4 Å². The van der Waals surface area contributed by atoms with E-state index in [1.54, 1.807) is 4.57 Å². The molecule has 2 N–H and O–H groups in total. The molecule has 0 aliphatic carbocycles. The van der Waals surface area contributed by atoms with Gasteiger partial charge in [0.1, 0.15) is 5.75 Å². The Balaban J connectivity index is 1.42. The van der Waals surface area contributed by atoms with Gasteiger partial charge in [0.05, 0.1) is 11.8 Å². The van der Waals surface area contributed by atoms with E-state index in [0.717, 1.165) is 44.8 Å². The van der Waals surface area contributed by atoms with Gasteiger partial charge in [-0.25, -0.2) is 0 Å². The van der Waals surface area contributed by atoms with Gasteiger partial charge in [0.2, 0.25) is 5.58 Å². The van der Waals surface area contributed by atoms with E-state index in [9.17, 15) is 25.9 Å². The summed E-state index contributed by atoms with van der Waals surface area (Å²) in [5.74, 6) is -0.518. The zero-order valence-electron chi connectivity index (χ0n) is 25.8. The van der Waals surface area contributed by atoms with Gasteiger partial charge in [0, 0.05) is 30.4 Å². The summed E-state index contributed by atoms with van der Waals surface area (Å²) < 4.78 is 74.4. The van der Waals surface area contributed by atoms with Gasteiger partial charge in [-0.2, -0.15) is 21.4 Å². The van der Waals surface area contributed by atoms with E-state index in [0.29, 0.717) is 29.8 Å². The zero-order valence-corrected chi connectivity index (χ0v) is 27.4. The Hall–Kier alpha value is -4.55. The third kappa shape index (κ3) is 7.71. The summed E-state index contributed by atoms with van der Waals surface area (Å²) in [6.45, 7) is 2.02. The van der Waals surface area contributed by atoms with E-state index in [2.05, 4.69) is 0 Å². The summed E-state index contributed by atoms with van der Waals surface area (Å²) in [4.78, 5) is 1.93. The molecule has 0 saturated carbocycles. The van der Waals surface area contributed by atoms with E-state index in [1.807, 2.05) is 121 Å². The highest BCUT2D eigenvalue weighted by atomic mass is 32.2. The lowest BCUT2D eigenvalue weighted by molar-refractivity contribution is -0.673. The number of anilines is 1. The highest BCUT2D eigenvalue weighted by molar-refractivity contribution is 7.86. The summed E-state index contributed by atoms with van der Waals surface area (Å²) >= 11 is 0. The van der Waals surface area contributed by atoms with Gasteiger partial charge >= 0.3 is 5.89 Å². The maximum absolute atomic E-state index is 11.8. The quantitative estimate of drug-likeness (QED) is 0.119. The van der Waals surface area contributed by atoms with Crippen LogP contribution >= 0.6 is 0 Å². The molecule has 0 spiro atoms. The molecule has 0 fully saturated rings. The van der Waals surface area contributed by atoms with Crippen LogP contribution in [0.15, 0.2) is 119 Å². The Morgan fingerprint density at radius 1 is 0.809 bits per heavy atom. The Morgan fingerprint density at radius 2 is 1.43 bits per heavy atom. The Morgan fingerprint density at radius 3 is 2.04 bits per heavy atom. The Bertz CT molecular complexity index is 2210. The van der Waals surface area contributed by atoms with Crippen LogP contribution in [0.3, 0.4) is 0 Å². The number of aromatic nitrogens is 1. The fourth-order valence-corrected chi connectivity index (χ4v) is 6.72. The van der Waals surface area contributed by atoms with Crippen molar-refractivity contribution in [3.8, 4) is 22.3 Å². The summed E-state index contributed by atoms with van der Waals surface area (Å²) in [6, 6.07) is 31.6. The largest absolute Gasteiger partial charge is 0.398 e. The number of aryl methyl sites for hydroxylation is 1. The minimum Gasteiger partial charge on any atom is -0.398 e. The molecule has 11 heteroatoms. The van der Waals surface area contributed by atoms with Crippen LogP contribution in [0.5, 0.6) is 0 Å². The van der Waals surface area contributed by atoms with Gasteiger partial charge in [-0.15, -0.1) is 0 Å². The van der Waals surface area contributed by atoms with Gasteiger partial charge in [-0.3, -0.25) is 9.11 Å². The van der Waals surface area contributed by atoms with E-state index >= 15 is 0 Å². The van der Waals surface area contributed by atoms with Gasteiger partial charge in [-0.05, 0) is 58.0 Å². The van der Waals surface area contributed by atoms with Crippen molar-refractivity contribution in [1.29, 1.82) is 0 Å². The Kier molecular flexibility index (Phi) is 9.16. The number of allylic oxidation sites excluding steroid dienone is 3. The van der Waals surface area contributed by atoms with Crippen molar-refractivity contribution < 1.29 is 34.9 Å². The molecule has 1 aliphatic heterocycles. The lowest BCUT2D eigenvalue weighted by Gasteiger charge is -2.22. The molecular formula is C36H35N2O7S2+. The highest BCUT2D eigenvalue weighted by Crippen LogP contribution is 2.38. The summed E-state index contributed by atoms with van der Waals surface area (Å²) in [5, 5.41) is 0. The van der Waals surface area contributed by atoms with E-state index in [1.165, 1.54) is 0 Å². The van der Waals surface area contributed by atoms with Crippen LogP contribution in [0, 0.1) is 0 Å². The number of nitrogens with zero attached hydrogens (tertiary/aromatic N) is 2. The van der Waals surface area contributed by atoms with Crippen molar-refractivity contribution in [3.63, 3.8) is 0 Å². The molecule has 47 heavy (non-hydrogen) atoms. The number of benzene rings is 4. The molecule has 4 aromatic carbocycles. The van der Waals surface area contributed by atoms with Gasteiger partial charge in [0.25, 0.3) is 25.8 Å². The number of hydrogen-bond donors (Lipinski definition) is 2. The first-order chi connectivity index (χ1) is 22.5. The number of rotatable bonds is 11. The SMILES string of the molecule is CCC(=C\c1oc2ccc(-c3ccccc3)cc2[n+]1CCS(=O)(=O)O)/C=C1\Cc2ccc(-c3ccccc3)cc2N1CCS(=O)(=O)O. The molecule has 1 aromatic heterocycles. The van der Waals surface area contributed by atoms with Crippen molar-refractivity contribution >= 4 is 43.1 Å². The molecular weight excluding hydrogens is 637 g/mol. The van der Waals surface area contributed by atoms with Crippen molar-refractivity contribution in [1.82, 2.24) is 0 Å². The minimum atomic E-state index is -4.25. The first kappa shape index (κ1) is 32.4. The van der Waals surface area contributed by atoms with Crippen LogP contribution < -0.4 is 9.47 Å². The van der Waals surface area contributed by atoms with Gasteiger partial charge in [0.15, 0.2) is 6.54 Å². The average Bonchev–Trinajstić information content (AvgIpc) is 3.58. The number of fused-ring (bicyclic) bond motifs is 2. The van der Waals surface area contributed by atoms with Gasteiger partial charge < -0.3 is 9.32 Å². The summed E-state index contributed by atoms with van der Waals surface area (Å²) in [5.41, 5.74) is 8.81.